The van der Waals surface area contributed by atoms with Gasteiger partial charge in [-0.05, 0) is 67.2 Å². The Bertz CT molecular complexity index is 1910. The third kappa shape index (κ3) is 57.5. The van der Waals surface area contributed by atoms with Crippen molar-refractivity contribution in [3.05, 3.63) is 0 Å². The van der Waals surface area contributed by atoms with E-state index in [4.69, 9.17) is 18.9 Å². The number of hydrogen-bond donors (Lipinski definition) is 5. The van der Waals surface area contributed by atoms with E-state index in [1.54, 1.807) is 41.5 Å². The fraction of sp³-hybridized carbons (Fsp3) is 0.873. The average molecular weight is 1290 g/mol. The molecule has 0 saturated carbocycles. The number of carbonyl (C=O) groups is 9. The number of unbranched alkanes of at least 4 members (excludes halogenated alkanes) is 34. The third-order valence-corrected chi connectivity index (χ3v) is 16.5. The van der Waals surface area contributed by atoms with Gasteiger partial charge >= 0.3 is 23.9 Å². The van der Waals surface area contributed by atoms with E-state index in [-0.39, 0.29) is 68.1 Å². The molecule has 0 bridgehead atoms. The van der Waals surface area contributed by atoms with E-state index in [0.717, 1.165) is 57.8 Å². The molecule has 5 amide bonds. The zero-order valence-corrected chi connectivity index (χ0v) is 59.2. The summed E-state index contributed by atoms with van der Waals surface area (Å²) in [4.78, 5) is 118. The molecular weight excluding hydrogens is 1160 g/mol. The Morgan fingerprint density at radius 1 is 0.356 bits per heavy atom. The van der Waals surface area contributed by atoms with Gasteiger partial charge < -0.3 is 45.5 Å². The van der Waals surface area contributed by atoms with Crippen LogP contribution in [-0.4, -0.2) is 121 Å². The number of amides is 5. The minimum atomic E-state index is -1.21. The Morgan fingerprint density at radius 3 is 1.12 bits per heavy atom. The van der Waals surface area contributed by atoms with Crippen LogP contribution in [-0.2, 0) is 62.1 Å². The second-order valence-corrected chi connectivity index (χ2v) is 27.8. The number of nitrogens with one attached hydrogen (secondary N) is 5. The maximum absolute atomic E-state index is 13.8. The van der Waals surface area contributed by atoms with Gasteiger partial charge in [0.1, 0.15) is 36.0 Å². The molecule has 0 aliphatic rings. The monoisotopic (exact) mass is 1290 g/mol. The molecule has 524 valence electrons. The predicted molar refractivity (Wildman–Crippen MR) is 364 cm³/mol. The summed E-state index contributed by atoms with van der Waals surface area (Å²) in [6.07, 6.45) is 42.8. The molecule has 0 saturated heterocycles. The maximum atomic E-state index is 13.8. The highest BCUT2D eigenvalue weighted by atomic mass is 32.2. The highest BCUT2D eigenvalue weighted by Gasteiger charge is 2.29. The third-order valence-electron chi connectivity index (χ3n) is 15.3. The molecule has 0 aromatic heterocycles. The zero-order valence-electron chi connectivity index (χ0n) is 58.4. The van der Waals surface area contributed by atoms with Crippen LogP contribution in [0.3, 0.4) is 0 Å². The molecule has 0 radical (unpaired) electrons. The summed E-state index contributed by atoms with van der Waals surface area (Å²) >= 11 is 1.26. The van der Waals surface area contributed by atoms with E-state index in [2.05, 4.69) is 47.4 Å². The van der Waals surface area contributed by atoms with Gasteiger partial charge in [0, 0.05) is 37.2 Å². The van der Waals surface area contributed by atoms with Crippen molar-refractivity contribution < 1.29 is 62.1 Å². The molecule has 0 aromatic carbocycles. The lowest BCUT2D eigenvalue weighted by atomic mass is 10.0. The molecule has 90 heavy (non-hydrogen) atoms. The highest BCUT2D eigenvalue weighted by molar-refractivity contribution is 7.99. The largest absolute Gasteiger partial charge is 0.462 e. The number of rotatable bonds is 60. The lowest BCUT2D eigenvalue weighted by Gasteiger charge is -2.25. The van der Waals surface area contributed by atoms with Crippen LogP contribution in [0.15, 0.2) is 0 Å². The fourth-order valence-electron chi connectivity index (χ4n) is 10.2. The van der Waals surface area contributed by atoms with Crippen LogP contribution in [0.1, 0.15) is 332 Å². The summed E-state index contributed by atoms with van der Waals surface area (Å²) < 4.78 is 22.4. The molecular formula is C71H131N5O13S. The van der Waals surface area contributed by atoms with E-state index in [1.807, 2.05) is 0 Å². The molecule has 0 aliphatic carbocycles. The van der Waals surface area contributed by atoms with Crippen molar-refractivity contribution >= 4 is 65.2 Å². The molecule has 0 unspecified atom stereocenters. The Balaban J connectivity index is 5.71. The zero-order chi connectivity index (χ0) is 66.9. The van der Waals surface area contributed by atoms with Crippen LogP contribution >= 0.6 is 11.8 Å². The Labute approximate surface area is 550 Å². The molecule has 0 heterocycles. The van der Waals surface area contributed by atoms with Gasteiger partial charge in [0.25, 0.3) is 0 Å². The van der Waals surface area contributed by atoms with Gasteiger partial charge in [0.15, 0.2) is 0 Å². The minimum absolute atomic E-state index is 0.0531. The van der Waals surface area contributed by atoms with Gasteiger partial charge in [-0.1, -0.05) is 239 Å². The first-order chi connectivity index (χ1) is 43.1. The highest BCUT2D eigenvalue weighted by Crippen LogP contribution is 2.19. The number of thioether (sulfide) groups is 1. The standard InChI is InChI=1S/C71H131N5O13S/c1-10-13-16-19-22-25-28-30-33-36-39-42-45-48-65(81)86-55-58(87-66(82)49-46-43-40-37-34-31-29-26-23-20-17-14-11-2)56-90-57-60(76-61(77)47-44-41-38-35-32-27-24-21-18-15-12-3)68(84)74-53-63(79)72-52-62(78)73-54-64(80)75-59(69(85)89-71(7,8)9)50-51-67(83)88-70(4,5)6/h58-60H,10-57H2,1-9H3,(H,72,79)(H,73,78)(H,74,84)(H,75,80)(H,76,77)/t58-,59+,60+/m1/s1. The van der Waals surface area contributed by atoms with E-state index < -0.39 is 84.6 Å². The first kappa shape index (κ1) is 85.6. The van der Waals surface area contributed by atoms with E-state index in [9.17, 15) is 43.2 Å². The molecule has 18 nitrogen and oxygen atoms in total. The maximum Gasteiger partial charge on any atom is 0.329 e. The van der Waals surface area contributed by atoms with E-state index in [1.165, 1.54) is 172 Å². The fourth-order valence-corrected chi connectivity index (χ4v) is 11.2. The van der Waals surface area contributed by atoms with Crippen molar-refractivity contribution in [3.63, 3.8) is 0 Å². The average Bonchev–Trinajstić information content (AvgIpc) is 2.42. The number of ether oxygens (including phenoxy) is 4. The van der Waals surface area contributed by atoms with Crippen molar-refractivity contribution in [3.8, 4) is 0 Å². The normalized spacial score (nSPS) is 12.5. The van der Waals surface area contributed by atoms with Gasteiger partial charge in [-0.25, -0.2) is 4.79 Å². The molecule has 0 spiro atoms. The van der Waals surface area contributed by atoms with E-state index >= 15 is 0 Å². The first-order valence-electron chi connectivity index (χ1n) is 35.9. The van der Waals surface area contributed by atoms with Gasteiger partial charge in [-0.15, -0.1) is 0 Å². The second-order valence-electron chi connectivity index (χ2n) is 26.8. The Hall–Kier alpha value is -4.42. The second kappa shape index (κ2) is 57.3. The SMILES string of the molecule is CCCCCCCCCCCCCCCC(=O)OC[C@H](CSC[C@H](NC(=O)CCCCCCCCCCCCC)C(=O)NCC(=O)NCC(=O)NCC(=O)N[C@@H](CCC(=O)OC(C)(C)C)C(=O)OC(C)(C)C)OC(=O)CCCCCCCCCCCCCCC. The van der Waals surface area contributed by atoms with Gasteiger partial charge in [0.05, 0.1) is 19.6 Å². The molecule has 0 rings (SSSR count). The lowest BCUT2D eigenvalue weighted by Crippen LogP contribution is -2.51. The molecule has 0 aromatic rings. The molecule has 3 atom stereocenters. The summed E-state index contributed by atoms with van der Waals surface area (Å²) in [5.74, 6) is -5.00. The van der Waals surface area contributed by atoms with Gasteiger partial charge in [-0.2, -0.15) is 11.8 Å². The van der Waals surface area contributed by atoms with Crippen molar-refractivity contribution in [2.75, 3.05) is 37.7 Å². The van der Waals surface area contributed by atoms with Crippen LogP contribution in [0.25, 0.3) is 0 Å². The Morgan fingerprint density at radius 2 is 0.711 bits per heavy atom. The van der Waals surface area contributed by atoms with Gasteiger partial charge in [0.2, 0.25) is 29.5 Å². The molecule has 0 aliphatic heterocycles. The molecule has 0 fully saturated rings. The van der Waals surface area contributed by atoms with Crippen LogP contribution in [0.4, 0.5) is 0 Å². The first-order valence-corrected chi connectivity index (χ1v) is 37.0. The summed E-state index contributed by atoms with van der Waals surface area (Å²) in [6.45, 7) is 15.0. The van der Waals surface area contributed by atoms with E-state index in [0.29, 0.717) is 19.3 Å². The van der Waals surface area contributed by atoms with Crippen molar-refractivity contribution in [2.45, 2.75) is 361 Å². The van der Waals surface area contributed by atoms with Crippen LogP contribution < -0.4 is 26.6 Å². The van der Waals surface area contributed by atoms with Crippen LogP contribution in [0.2, 0.25) is 0 Å². The van der Waals surface area contributed by atoms with Crippen molar-refractivity contribution in [1.29, 1.82) is 0 Å². The van der Waals surface area contributed by atoms with Crippen molar-refractivity contribution in [1.82, 2.24) is 26.6 Å². The predicted octanol–water partition coefficient (Wildman–Crippen LogP) is 14.6. The van der Waals surface area contributed by atoms with Crippen LogP contribution in [0.5, 0.6) is 0 Å². The van der Waals surface area contributed by atoms with Gasteiger partial charge in [-0.3, -0.25) is 38.4 Å². The lowest BCUT2D eigenvalue weighted by molar-refractivity contribution is -0.160. The number of hydrogen-bond acceptors (Lipinski definition) is 14. The smallest absolute Gasteiger partial charge is 0.329 e. The summed E-state index contributed by atoms with van der Waals surface area (Å²) in [5.41, 5.74) is -1.63. The molecule has 5 N–H and O–H groups in total. The number of esters is 4. The topological polar surface area (TPSA) is 251 Å². The Kier molecular flexibility index (Phi) is 54.4. The quantitative estimate of drug-likeness (QED) is 0.0216. The van der Waals surface area contributed by atoms with Crippen LogP contribution in [0, 0.1) is 0 Å². The summed E-state index contributed by atoms with van der Waals surface area (Å²) in [5, 5.41) is 12.7. The number of carbonyl (C=O) groups excluding carboxylic acids is 9. The van der Waals surface area contributed by atoms with Crippen molar-refractivity contribution in [2.24, 2.45) is 0 Å². The molecule has 19 heteroatoms. The summed E-state index contributed by atoms with van der Waals surface area (Å²) in [7, 11) is 0. The summed E-state index contributed by atoms with van der Waals surface area (Å²) in [6, 6.07) is -2.30. The minimum Gasteiger partial charge on any atom is -0.462 e.